The highest BCUT2D eigenvalue weighted by Crippen LogP contribution is 2.53. The molecule has 1 unspecified atom stereocenters. The van der Waals surface area contributed by atoms with Gasteiger partial charge in [-0.05, 0) is 44.2 Å². The van der Waals surface area contributed by atoms with Crippen LogP contribution in [0.2, 0.25) is 0 Å². The van der Waals surface area contributed by atoms with E-state index in [0.717, 1.165) is 12.5 Å². The number of esters is 2. The number of likely N-dealkylation sites (tertiary alicyclic amines) is 1. The Kier molecular flexibility index (Phi) is 6.63. The first kappa shape index (κ1) is 24.8. The van der Waals surface area contributed by atoms with Gasteiger partial charge in [0.05, 0.1) is 18.6 Å². The zero-order valence-electron chi connectivity index (χ0n) is 19.3. The van der Waals surface area contributed by atoms with Crippen molar-refractivity contribution in [2.75, 3.05) is 19.7 Å². The summed E-state index contributed by atoms with van der Waals surface area (Å²) in [6.45, 7) is 9.13. The number of rotatable bonds is 6. The van der Waals surface area contributed by atoms with Gasteiger partial charge in [0.15, 0.2) is 5.60 Å². The molecule has 9 atom stereocenters. The van der Waals surface area contributed by atoms with Gasteiger partial charge in [0, 0.05) is 24.8 Å². The molecule has 2 heterocycles. The molecule has 10 heteroatoms. The fourth-order valence-corrected chi connectivity index (χ4v) is 6.12. The number of aliphatic hydroxyl groups excluding tert-OH is 2. The molecule has 10 nitrogen and oxygen atoms in total. The van der Waals surface area contributed by atoms with Gasteiger partial charge >= 0.3 is 17.9 Å². The molecule has 4 rings (SSSR count). The van der Waals surface area contributed by atoms with Gasteiger partial charge < -0.3 is 29.9 Å². The number of aliphatic carboxylic acids is 1. The molecule has 0 radical (unpaired) electrons. The Hall–Kier alpha value is -2.27. The fraction of sp³-hybridized carbons (Fsp3) is 0.708. The monoisotopic (exact) mass is 479 g/mol. The highest BCUT2D eigenvalue weighted by Gasteiger charge is 2.60. The number of hydrogen-bond acceptors (Lipinski definition) is 9. The lowest BCUT2D eigenvalue weighted by atomic mass is 9.78. The molecule has 0 aromatic rings. The number of hydrogen-bond donors (Lipinski definition) is 4. The lowest BCUT2D eigenvalue weighted by Gasteiger charge is -2.33. The first-order chi connectivity index (χ1) is 16.0. The van der Waals surface area contributed by atoms with E-state index in [0.29, 0.717) is 31.4 Å². The summed E-state index contributed by atoms with van der Waals surface area (Å²) in [7, 11) is 0. The van der Waals surface area contributed by atoms with Crippen LogP contribution in [-0.2, 0) is 23.9 Å². The summed E-state index contributed by atoms with van der Waals surface area (Å²) in [5.74, 6) is -4.56. The van der Waals surface area contributed by atoms with Crippen LogP contribution in [0, 0.1) is 23.7 Å². The Balaban J connectivity index is 1.69. The maximum absolute atomic E-state index is 13.1. The van der Waals surface area contributed by atoms with Crippen molar-refractivity contribution >= 4 is 17.9 Å². The van der Waals surface area contributed by atoms with E-state index in [2.05, 4.69) is 13.2 Å². The van der Waals surface area contributed by atoms with Gasteiger partial charge in [-0.1, -0.05) is 18.7 Å². The van der Waals surface area contributed by atoms with Crippen molar-refractivity contribution in [3.8, 4) is 0 Å². The van der Waals surface area contributed by atoms with Crippen LogP contribution in [-0.4, -0.2) is 92.9 Å². The lowest BCUT2D eigenvalue weighted by molar-refractivity contribution is -0.177. The molecule has 34 heavy (non-hydrogen) atoms. The van der Waals surface area contributed by atoms with Crippen LogP contribution >= 0.6 is 0 Å². The van der Waals surface area contributed by atoms with Crippen molar-refractivity contribution in [3.05, 3.63) is 24.3 Å². The quantitative estimate of drug-likeness (QED) is 0.299. The van der Waals surface area contributed by atoms with Gasteiger partial charge in [-0.2, -0.15) is 0 Å². The van der Waals surface area contributed by atoms with Crippen LogP contribution in [0.5, 0.6) is 0 Å². The number of carboxylic acid groups (broad SMARTS) is 1. The van der Waals surface area contributed by atoms with Crippen LogP contribution in [0.15, 0.2) is 24.3 Å². The van der Waals surface area contributed by atoms with Crippen LogP contribution < -0.4 is 0 Å². The van der Waals surface area contributed by atoms with E-state index in [4.69, 9.17) is 9.47 Å². The van der Waals surface area contributed by atoms with E-state index in [-0.39, 0.29) is 18.9 Å². The molecule has 4 N–H and O–H groups in total. The third kappa shape index (κ3) is 4.17. The smallest absolute Gasteiger partial charge is 0.340 e. The minimum atomic E-state index is -2.12. The van der Waals surface area contributed by atoms with Crippen LogP contribution in [0.3, 0.4) is 0 Å². The SMILES string of the molecule is C=C1[C@@H]2[C@H]3OC(=O)[C@@H](CN4CCC[C@H]4C(=O)O)[C@@H]3[C@@H](OC(=O)C(C)(O)CO)CC(=C)[C@@H]2C[C@@H]1O. The van der Waals surface area contributed by atoms with Crippen LogP contribution in [0.4, 0.5) is 0 Å². The molecule has 4 fully saturated rings. The van der Waals surface area contributed by atoms with Crippen LogP contribution in [0.1, 0.15) is 32.6 Å². The average Bonchev–Trinajstić information content (AvgIpc) is 3.43. The van der Waals surface area contributed by atoms with E-state index in [1.807, 2.05) is 0 Å². The first-order valence-electron chi connectivity index (χ1n) is 11.7. The summed E-state index contributed by atoms with van der Waals surface area (Å²) in [6.07, 6.45) is -0.673. The number of ether oxygens (including phenoxy) is 2. The number of carbonyl (C=O) groups is 3. The molecular formula is C24H33NO9. The minimum absolute atomic E-state index is 0.125. The molecule has 0 bridgehead atoms. The predicted octanol–water partition coefficient (Wildman–Crippen LogP) is -0.139. The zero-order valence-corrected chi connectivity index (χ0v) is 19.3. The second kappa shape index (κ2) is 9.07. The Labute approximate surface area is 197 Å². The summed E-state index contributed by atoms with van der Waals surface area (Å²) in [5.41, 5.74) is -0.868. The molecule has 2 saturated carbocycles. The second-order valence-corrected chi connectivity index (χ2v) is 10.3. The molecule has 2 saturated heterocycles. The Morgan fingerprint density at radius 2 is 2.03 bits per heavy atom. The van der Waals surface area contributed by atoms with Gasteiger partial charge in [-0.25, -0.2) is 4.79 Å². The topological polar surface area (TPSA) is 154 Å². The largest absolute Gasteiger partial charge is 0.480 e. The van der Waals surface area contributed by atoms with Gasteiger partial charge in [-0.15, -0.1) is 0 Å². The number of carbonyl (C=O) groups excluding carboxylic acids is 2. The summed E-state index contributed by atoms with van der Waals surface area (Å²) in [5, 5.41) is 39.7. The Morgan fingerprint density at radius 1 is 1.32 bits per heavy atom. The Morgan fingerprint density at radius 3 is 2.68 bits per heavy atom. The fourth-order valence-electron chi connectivity index (χ4n) is 6.12. The van der Waals surface area contributed by atoms with Gasteiger partial charge in [0.2, 0.25) is 0 Å². The molecule has 0 spiro atoms. The summed E-state index contributed by atoms with van der Waals surface area (Å²) < 4.78 is 11.5. The number of nitrogens with zero attached hydrogens (tertiary/aromatic N) is 1. The number of carboxylic acids is 1. The highest BCUT2D eigenvalue weighted by atomic mass is 16.6. The van der Waals surface area contributed by atoms with E-state index < -0.39 is 72.2 Å². The van der Waals surface area contributed by atoms with Gasteiger partial charge in [0.25, 0.3) is 0 Å². The molecular weight excluding hydrogens is 446 g/mol. The van der Waals surface area contributed by atoms with E-state index in [1.165, 1.54) is 0 Å². The lowest BCUT2D eigenvalue weighted by Crippen LogP contribution is -2.48. The van der Waals surface area contributed by atoms with Crippen molar-refractivity contribution in [2.24, 2.45) is 23.7 Å². The van der Waals surface area contributed by atoms with Crippen molar-refractivity contribution in [1.82, 2.24) is 4.90 Å². The summed E-state index contributed by atoms with van der Waals surface area (Å²) in [6, 6.07) is -0.709. The van der Waals surface area contributed by atoms with Crippen LogP contribution in [0.25, 0.3) is 0 Å². The van der Waals surface area contributed by atoms with Crippen molar-refractivity contribution in [2.45, 2.75) is 62.6 Å². The molecule has 4 aliphatic rings. The summed E-state index contributed by atoms with van der Waals surface area (Å²) in [4.78, 5) is 39.2. The molecule has 0 aromatic heterocycles. The van der Waals surface area contributed by atoms with Crippen molar-refractivity contribution in [3.63, 3.8) is 0 Å². The summed E-state index contributed by atoms with van der Waals surface area (Å²) >= 11 is 0. The number of fused-ring (bicyclic) bond motifs is 3. The molecule has 0 amide bonds. The molecule has 2 aliphatic heterocycles. The standard InChI is InChI=1S/C24H33NO9/c1-11-7-17(33-23(31)24(3,32)10-26)19-14(9-25-6-4-5-15(25)21(28)29)22(30)34-20(19)18-12(2)16(27)8-13(11)18/h13-20,26-27,32H,1-2,4-10H2,3H3,(H,28,29)/t13-,14-,15-,16-,17-,18-,19+,20+,24?/m0/s1. The minimum Gasteiger partial charge on any atom is -0.480 e. The Bertz CT molecular complexity index is 899. The van der Waals surface area contributed by atoms with Gasteiger partial charge in [-0.3, -0.25) is 14.5 Å². The first-order valence-corrected chi connectivity index (χ1v) is 11.7. The van der Waals surface area contributed by atoms with Gasteiger partial charge in [0.1, 0.15) is 18.2 Å². The van der Waals surface area contributed by atoms with Crippen molar-refractivity contribution in [1.29, 1.82) is 0 Å². The maximum Gasteiger partial charge on any atom is 0.340 e. The van der Waals surface area contributed by atoms with Crippen molar-refractivity contribution < 1.29 is 44.3 Å². The van der Waals surface area contributed by atoms with E-state index in [9.17, 15) is 34.8 Å². The zero-order chi connectivity index (χ0) is 24.9. The molecule has 188 valence electrons. The predicted molar refractivity (Wildman–Crippen MR) is 117 cm³/mol. The number of aliphatic hydroxyl groups is 3. The third-order valence-corrected chi connectivity index (χ3v) is 8.02. The maximum atomic E-state index is 13.1. The second-order valence-electron chi connectivity index (χ2n) is 10.3. The average molecular weight is 480 g/mol. The highest BCUT2D eigenvalue weighted by molar-refractivity contribution is 5.80. The normalized spacial score (nSPS) is 39.7. The van der Waals surface area contributed by atoms with E-state index in [1.54, 1.807) is 4.90 Å². The molecule has 0 aromatic carbocycles. The van der Waals surface area contributed by atoms with E-state index >= 15 is 0 Å². The molecule has 2 aliphatic carbocycles. The third-order valence-electron chi connectivity index (χ3n) is 8.02.